The smallest absolute Gasteiger partial charge is 0.0110 e. The van der Waals surface area contributed by atoms with Gasteiger partial charge < -0.3 is 24.5 Å². The molecule has 6 nitrogen and oxygen atoms in total. The van der Waals surface area contributed by atoms with Gasteiger partial charge in [-0.1, -0.05) is 0 Å². The van der Waals surface area contributed by atoms with E-state index in [0.717, 1.165) is 65.4 Å². The summed E-state index contributed by atoms with van der Waals surface area (Å²) < 4.78 is 0. The van der Waals surface area contributed by atoms with Gasteiger partial charge in [0.25, 0.3) is 0 Å². The minimum Gasteiger partial charge on any atom is -0.308 e. The van der Waals surface area contributed by atoms with Crippen molar-refractivity contribution in [3.05, 3.63) is 0 Å². The molecule has 0 saturated carbocycles. The maximum atomic E-state index is 2.61. The molecule has 0 bridgehead atoms. The lowest BCUT2D eigenvalue weighted by Gasteiger charge is -2.29. The lowest BCUT2D eigenvalue weighted by Crippen LogP contribution is -2.42. The Balaban J connectivity index is 4.16. The predicted octanol–water partition coefficient (Wildman–Crippen LogP) is -0.163. The highest BCUT2D eigenvalue weighted by molar-refractivity contribution is 4.66. The summed E-state index contributed by atoms with van der Waals surface area (Å²) in [5, 5.41) is 0. The molecule has 0 unspecified atom stereocenters. The molecule has 24 heavy (non-hydrogen) atoms. The first-order chi connectivity index (χ1) is 11.2. The topological polar surface area (TPSA) is 19.4 Å². The molecular formula is C18H44N6. The van der Waals surface area contributed by atoms with Crippen molar-refractivity contribution in [2.24, 2.45) is 0 Å². The van der Waals surface area contributed by atoms with E-state index in [1.165, 1.54) is 0 Å². The molecule has 0 atom stereocenters. The van der Waals surface area contributed by atoms with Crippen molar-refractivity contribution in [2.45, 2.75) is 0 Å². The molecular weight excluding hydrogens is 300 g/mol. The third kappa shape index (κ3) is 15.3. The molecule has 0 aliphatic heterocycles. The minimum atomic E-state index is 1.13. The molecule has 0 radical (unpaired) electrons. The largest absolute Gasteiger partial charge is 0.308 e. The molecule has 0 heterocycles. The fourth-order valence-corrected chi connectivity index (χ4v) is 2.27. The van der Waals surface area contributed by atoms with E-state index in [2.05, 4.69) is 85.8 Å². The number of hydrogen-bond donors (Lipinski definition) is 0. The second kappa shape index (κ2) is 14.0. The van der Waals surface area contributed by atoms with Crippen LogP contribution in [0.25, 0.3) is 0 Å². The van der Waals surface area contributed by atoms with Crippen LogP contribution >= 0.6 is 0 Å². The zero-order valence-electron chi connectivity index (χ0n) is 17.8. The third-order valence-corrected chi connectivity index (χ3v) is 4.32. The first-order valence-corrected chi connectivity index (χ1v) is 9.24. The number of rotatable bonds is 15. The Labute approximate surface area is 152 Å². The molecule has 6 heteroatoms. The summed E-state index contributed by atoms with van der Waals surface area (Å²) in [4.78, 5) is 14.3. The number of hydrogen-bond acceptors (Lipinski definition) is 6. The molecule has 0 fully saturated rings. The van der Waals surface area contributed by atoms with Gasteiger partial charge in [0.05, 0.1) is 0 Å². The average Bonchev–Trinajstić information content (AvgIpc) is 2.49. The highest BCUT2D eigenvalue weighted by atomic mass is 15.2. The first-order valence-electron chi connectivity index (χ1n) is 9.24. The number of likely N-dealkylation sites (N-methyl/N-ethyl adjacent to an activating group) is 5. The van der Waals surface area contributed by atoms with Crippen LogP contribution in [0, 0.1) is 0 Å². The van der Waals surface area contributed by atoms with Crippen molar-refractivity contribution in [3.8, 4) is 0 Å². The quantitative estimate of drug-likeness (QED) is 0.408. The zero-order chi connectivity index (χ0) is 18.5. The van der Waals surface area contributed by atoms with Crippen LogP contribution in [0.4, 0.5) is 0 Å². The van der Waals surface area contributed by atoms with Crippen molar-refractivity contribution in [1.29, 1.82) is 0 Å². The van der Waals surface area contributed by atoms with Crippen LogP contribution in [-0.2, 0) is 0 Å². The molecule has 0 rings (SSSR count). The van der Waals surface area contributed by atoms with E-state index in [9.17, 15) is 0 Å². The van der Waals surface area contributed by atoms with Crippen LogP contribution in [0.1, 0.15) is 0 Å². The molecule has 0 spiro atoms. The standard InChI is InChI=1S/C18H44N6/c1-19(2)9-12-22(7)14-17-24(16-11-21(5)6)18-15-23(8)13-10-20(3)4/h9-18H2,1-8H3. The summed E-state index contributed by atoms with van der Waals surface area (Å²) in [6, 6.07) is 0. The second-order valence-electron chi connectivity index (χ2n) is 7.86. The van der Waals surface area contributed by atoms with Crippen molar-refractivity contribution >= 4 is 0 Å². The third-order valence-electron chi connectivity index (χ3n) is 4.32. The van der Waals surface area contributed by atoms with Gasteiger partial charge in [0.1, 0.15) is 0 Å². The minimum absolute atomic E-state index is 1.13. The first kappa shape index (κ1) is 23.8. The van der Waals surface area contributed by atoms with E-state index in [4.69, 9.17) is 0 Å². The van der Waals surface area contributed by atoms with Crippen molar-refractivity contribution in [2.75, 3.05) is 122 Å². The Bertz CT molecular complexity index is 261. The summed E-state index contributed by atoms with van der Waals surface area (Å²) in [6.07, 6.45) is 0. The summed E-state index contributed by atoms with van der Waals surface area (Å²) in [5.74, 6) is 0. The highest BCUT2D eigenvalue weighted by Crippen LogP contribution is 1.95. The van der Waals surface area contributed by atoms with Gasteiger partial charge >= 0.3 is 0 Å². The SMILES string of the molecule is CN(C)CCN(C)CCN(CCN(C)C)CCN(C)CCN(C)C. The highest BCUT2D eigenvalue weighted by Gasteiger charge is 2.09. The van der Waals surface area contributed by atoms with Gasteiger partial charge in [0.2, 0.25) is 0 Å². The summed E-state index contributed by atoms with van der Waals surface area (Å²) in [5.41, 5.74) is 0. The van der Waals surface area contributed by atoms with Gasteiger partial charge in [-0.3, -0.25) is 4.90 Å². The van der Waals surface area contributed by atoms with E-state index in [0.29, 0.717) is 0 Å². The zero-order valence-corrected chi connectivity index (χ0v) is 17.8. The van der Waals surface area contributed by atoms with E-state index >= 15 is 0 Å². The molecule has 0 amide bonds. The van der Waals surface area contributed by atoms with Crippen LogP contribution in [0.2, 0.25) is 0 Å². The van der Waals surface area contributed by atoms with Crippen LogP contribution in [0.3, 0.4) is 0 Å². The Morgan fingerprint density at radius 1 is 0.333 bits per heavy atom. The summed E-state index contributed by atoms with van der Waals surface area (Å²) in [6.45, 7) is 11.4. The summed E-state index contributed by atoms with van der Waals surface area (Å²) in [7, 11) is 17.3. The molecule has 146 valence electrons. The molecule has 0 aromatic rings. The Morgan fingerprint density at radius 2 is 0.583 bits per heavy atom. The Kier molecular flexibility index (Phi) is 13.8. The van der Waals surface area contributed by atoms with Gasteiger partial charge in [-0.2, -0.15) is 0 Å². The molecule has 0 aliphatic carbocycles. The van der Waals surface area contributed by atoms with Crippen LogP contribution in [0.15, 0.2) is 0 Å². The number of nitrogens with zero attached hydrogens (tertiary/aromatic N) is 6. The fourth-order valence-electron chi connectivity index (χ4n) is 2.27. The van der Waals surface area contributed by atoms with Gasteiger partial charge in [0.15, 0.2) is 0 Å². The molecule has 0 aliphatic rings. The lowest BCUT2D eigenvalue weighted by atomic mass is 10.3. The normalized spacial score (nSPS) is 12.8. The Morgan fingerprint density at radius 3 is 0.917 bits per heavy atom. The van der Waals surface area contributed by atoms with Gasteiger partial charge in [-0.15, -0.1) is 0 Å². The van der Waals surface area contributed by atoms with Gasteiger partial charge in [0, 0.05) is 65.4 Å². The van der Waals surface area contributed by atoms with Crippen LogP contribution in [0.5, 0.6) is 0 Å². The van der Waals surface area contributed by atoms with Crippen molar-refractivity contribution in [1.82, 2.24) is 29.4 Å². The van der Waals surface area contributed by atoms with Crippen molar-refractivity contribution in [3.63, 3.8) is 0 Å². The molecule has 0 saturated heterocycles. The van der Waals surface area contributed by atoms with E-state index in [1.54, 1.807) is 0 Å². The average molecular weight is 345 g/mol. The lowest BCUT2D eigenvalue weighted by molar-refractivity contribution is 0.177. The second-order valence-corrected chi connectivity index (χ2v) is 7.86. The van der Waals surface area contributed by atoms with Gasteiger partial charge in [-0.05, 0) is 56.4 Å². The van der Waals surface area contributed by atoms with Crippen LogP contribution < -0.4 is 0 Å². The predicted molar refractivity (Wildman–Crippen MR) is 107 cm³/mol. The van der Waals surface area contributed by atoms with Gasteiger partial charge in [-0.25, -0.2) is 0 Å². The van der Waals surface area contributed by atoms with E-state index in [1.807, 2.05) is 0 Å². The maximum absolute atomic E-state index is 2.61. The van der Waals surface area contributed by atoms with Crippen molar-refractivity contribution < 1.29 is 0 Å². The molecule has 0 aromatic heterocycles. The molecule has 0 aromatic carbocycles. The van der Waals surface area contributed by atoms with E-state index < -0.39 is 0 Å². The fraction of sp³-hybridized carbons (Fsp3) is 1.00. The summed E-state index contributed by atoms with van der Waals surface area (Å²) >= 11 is 0. The monoisotopic (exact) mass is 344 g/mol. The maximum Gasteiger partial charge on any atom is 0.0110 e. The van der Waals surface area contributed by atoms with Crippen LogP contribution in [-0.4, -0.2) is 151 Å². The molecule has 0 N–H and O–H groups in total. The van der Waals surface area contributed by atoms with E-state index in [-0.39, 0.29) is 0 Å². The Hall–Kier alpha value is -0.240.